The molecule has 82 valence electrons. The Kier molecular flexibility index (Phi) is 4.91. The highest BCUT2D eigenvalue weighted by Gasteiger charge is 2.05. The van der Waals surface area contributed by atoms with E-state index in [1.54, 1.807) is 6.08 Å². The number of rotatable bonds is 4. The lowest BCUT2D eigenvalue weighted by Crippen LogP contribution is -2.05. The standard InChI is InChI=1S/C11H12BrF2N/c1-15-5-3-2-4-8-6-11(14)9(12)7-10(8)13/h2,4,6-7,15H,3,5H2,1H3. The molecule has 0 aliphatic rings. The Bertz CT molecular complexity index is 364. The van der Waals surface area contributed by atoms with Gasteiger partial charge in [0.15, 0.2) is 0 Å². The molecule has 0 heterocycles. The summed E-state index contributed by atoms with van der Waals surface area (Å²) in [5.74, 6) is -0.881. The topological polar surface area (TPSA) is 12.0 Å². The van der Waals surface area contributed by atoms with Gasteiger partial charge in [0, 0.05) is 5.56 Å². The highest BCUT2D eigenvalue weighted by molar-refractivity contribution is 9.10. The van der Waals surface area contributed by atoms with Gasteiger partial charge in [-0.15, -0.1) is 0 Å². The molecule has 0 bridgehead atoms. The molecule has 0 saturated carbocycles. The molecule has 1 nitrogen and oxygen atoms in total. The fourth-order valence-corrected chi connectivity index (χ4v) is 1.42. The summed E-state index contributed by atoms with van der Waals surface area (Å²) in [6.07, 6.45) is 4.18. The van der Waals surface area contributed by atoms with Crippen LogP contribution in [0.3, 0.4) is 0 Å². The predicted molar refractivity (Wildman–Crippen MR) is 61.6 cm³/mol. The average molecular weight is 276 g/mol. The van der Waals surface area contributed by atoms with Gasteiger partial charge >= 0.3 is 0 Å². The summed E-state index contributed by atoms with van der Waals surface area (Å²) in [7, 11) is 1.84. The van der Waals surface area contributed by atoms with Crippen molar-refractivity contribution >= 4 is 22.0 Å². The van der Waals surface area contributed by atoms with E-state index in [1.165, 1.54) is 6.07 Å². The fraction of sp³-hybridized carbons (Fsp3) is 0.273. The van der Waals surface area contributed by atoms with Crippen molar-refractivity contribution in [2.75, 3.05) is 13.6 Å². The summed E-state index contributed by atoms with van der Waals surface area (Å²) in [5, 5.41) is 2.96. The first-order chi connectivity index (χ1) is 7.15. The first-order valence-electron chi connectivity index (χ1n) is 4.61. The number of benzene rings is 1. The molecule has 0 saturated heterocycles. The molecule has 0 fully saturated rings. The molecule has 0 amide bonds. The molecule has 1 aromatic carbocycles. The second-order valence-electron chi connectivity index (χ2n) is 3.08. The summed E-state index contributed by atoms with van der Waals surface area (Å²) >= 11 is 2.92. The van der Waals surface area contributed by atoms with Gasteiger partial charge in [-0.3, -0.25) is 0 Å². The Labute approximate surface area is 96.3 Å². The lowest BCUT2D eigenvalue weighted by Gasteiger charge is -1.99. The lowest BCUT2D eigenvalue weighted by molar-refractivity contribution is 0.592. The van der Waals surface area contributed by atoms with Gasteiger partial charge in [0.1, 0.15) is 11.6 Å². The van der Waals surface area contributed by atoms with Gasteiger partial charge in [-0.25, -0.2) is 8.78 Å². The highest BCUT2D eigenvalue weighted by Crippen LogP contribution is 2.20. The summed E-state index contributed by atoms with van der Waals surface area (Å²) in [5.41, 5.74) is 0.270. The van der Waals surface area contributed by atoms with Crippen molar-refractivity contribution in [2.24, 2.45) is 0 Å². The average Bonchev–Trinajstić information content (AvgIpc) is 2.20. The van der Waals surface area contributed by atoms with Crippen molar-refractivity contribution in [3.8, 4) is 0 Å². The second-order valence-corrected chi connectivity index (χ2v) is 3.94. The lowest BCUT2D eigenvalue weighted by atomic mass is 10.2. The molecule has 15 heavy (non-hydrogen) atoms. The third-order valence-electron chi connectivity index (χ3n) is 1.90. The largest absolute Gasteiger partial charge is 0.319 e. The minimum atomic E-state index is -0.454. The van der Waals surface area contributed by atoms with Crippen LogP contribution in [0.4, 0.5) is 8.78 Å². The number of halogens is 3. The monoisotopic (exact) mass is 275 g/mol. The summed E-state index contributed by atoms with van der Waals surface area (Å²) in [4.78, 5) is 0. The molecular formula is C11H12BrF2N. The van der Waals surface area contributed by atoms with E-state index in [4.69, 9.17) is 0 Å². The minimum absolute atomic E-state index is 0.146. The number of hydrogen-bond acceptors (Lipinski definition) is 1. The fourth-order valence-electron chi connectivity index (χ4n) is 1.10. The van der Waals surface area contributed by atoms with E-state index in [-0.39, 0.29) is 10.0 Å². The maximum atomic E-state index is 13.3. The van der Waals surface area contributed by atoms with Crippen LogP contribution in [0.5, 0.6) is 0 Å². The molecule has 0 radical (unpaired) electrons. The molecule has 4 heteroatoms. The quantitative estimate of drug-likeness (QED) is 0.657. The van der Waals surface area contributed by atoms with Crippen LogP contribution in [0.2, 0.25) is 0 Å². The van der Waals surface area contributed by atoms with Crippen LogP contribution >= 0.6 is 15.9 Å². The third-order valence-corrected chi connectivity index (χ3v) is 2.51. The molecular weight excluding hydrogens is 264 g/mol. The molecule has 0 atom stereocenters. The van der Waals surface area contributed by atoms with Crippen molar-refractivity contribution in [2.45, 2.75) is 6.42 Å². The van der Waals surface area contributed by atoms with E-state index in [1.807, 2.05) is 13.1 Å². The zero-order valence-corrected chi connectivity index (χ0v) is 9.94. The maximum Gasteiger partial charge on any atom is 0.138 e. The van der Waals surface area contributed by atoms with E-state index in [9.17, 15) is 8.78 Å². The summed E-state index contributed by atoms with van der Waals surface area (Å²) < 4.78 is 26.5. The minimum Gasteiger partial charge on any atom is -0.319 e. The van der Waals surface area contributed by atoms with E-state index >= 15 is 0 Å². The third kappa shape index (κ3) is 3.72. The van der Waals surface area contributed by atoms with Crippen LogP contribution in [-0.2, 0) is 0 Å². The predicted octanol–water partition coefficient (Wildman–Crippen LogP) is 3.35. The van der Waals surface area contributed by atoms with Gasteiger partial charge in [0.05, 0.1) is 4.47 Å². The van der Waals surface area contributed by atoms with Crippen molar-refractivity contribution in [3.05, 3.63) is 39.9 Å². The molecule has 1 N–H and O–H groups in total. The summed E-state index contributed by atoms with van der Waals surface area (Å²) in [6, 6.07) is 2.31. The number of nitrogens with one attached hydrogen (secondary N) is 1. The molecule has 0 aliphatic heterocycles. The molecule has 0 aliphatic carbocycles. The Morgan fingerprint density at radius 1 is 1.33 bits per heavy atom. The smallest absolute Gasteiger partial charge is 0.138 e. The molecule has 1 rings (SSSR count). The van der Waals surface area contributed by atoms with Gasteiger partial charge < -0.3 is 5.32 Å². The van der Waals surface area contributed by atoms with E-state index in [2.05, 4.69) is 21.2 Å². The van der Waals surface area contributed by atoms with Crippen LogP contribution < -0.4 is 5.32 Å². The van der Waals surface area contributed by atoms with Crippen LogP contribution in [0.25, 0.3) is 6.08 Å². The number of hydrogen-bond donors (Lipinski definition) is 1. The van der Waals surface area contributed by atoms with Crippen LogP contribution in [-0.4, -0.2) is 13.6 Å². The van der Waals surface area contributed by atoms with E-state index < -0.39 is 11.6 Å². The van der Waals surface area contributed by atoms with Gasteiger partial charge in [0.2, 0.25) is 0 Å². The van der Waals surface area contributed by atoms with Crippen molar-refractivity contribution in [3.63, 3.8) is 0 Å². The molecule has 0 spiro atoms. The Morgan fingerprint density at radius 2 is 2.07 bits per heavy atom. The van der Waals surface area contributed by atoms with Crippen LogP contribution in [0.1, 0.15) is 12.0 Å². The molecule has 0 aromatic heterocycles. The first-order valence-corrected chi connectivity index (χ1v) is 5.40. The second kappa shape index (κ2) is 5.98. The van der Waals surface area contributed by atoms with Gasteiger partial charge in [-0.2, -0.15) is 0 Å². The zero-order chi connectivity index (χ0) is 11.3. The van der Waals surface area contributed by atoms with Crippen LogP contribution in [0, 0.1) is 11.6 Å². The Balaban J connectivity index is 2.77. The SMILES string of the molecule is CNCCC=Cc1cc(F)c(Br)cc1F. The van der Waals surface area contributed by atoms with Crippen molar-refractivity contribution in [1.29, 1.82) is 0 Å². The maximum absolute atomic E-state index is 13.3. The van der Waals surface area contributed by atoms with Gasteiger partial charge in [-0.05, 0) is 48.1 Å². The zero-order valence-electron chi connectivity index (χ0n) is 8.36. The van der Waals surface area contributed by atoms with Crippen LogP contribution in [0.15, 0.2) is 22.7 Å². The Hall–Kier alpha value is -0.740. The van der Waals surface area contributed by atoms with Gasteiger partial charge in [0.25, 0.3) is 0 Å². The Morgan fingerprint density at radius 3 is 2.73 bits per heavy atom. The summed E-state index contributed by atoms with van der Waals surface area (Å²) in [6.45, 7) is 0.817. The highest BCUT2D eigenvalue weighted by atomic mass is 79.9. The van der Waals surface area contributed by atoms with Crippen molar-refractivity contribution in [1.82, 2.24) is 5.32 Å². The van der Waals surface area contributed by atoms with E-state index in [0.717, 1.165) is 19.0 Å². The van der Waals surface area contributed by atoms with Crippen molar-refractivity contribution < 1.29 is 8.78 Å². The molecule has 0 unspecified atom stereocenters. The normalized spacial score (nSPS) is 11.2. The first kappa shape index (κ1) is 12.3. The van der Waals surface area contributed by atoms with E-state index in [0.29, 0.717) is 0 Å². The van der Waals surface area contributed by atoms with Gasteiger partial charge in [-0.1, -0.05) is 12.2 Å². The molecule has 1 aromatic rings.